The third-order valence-electron chi connectivity index (χ3n) is 2.32. The third kappa shape index (κ3) is 2.91. The van der Waals surface area contributed by atoms with Crippen LogP contribution in [0.25, 0.3) is 0 Å². The van der Waals surface area contributed by atoms with Gasteiger partial charge in [0.1, 0.15) is 5.69 Å². The van der Waals surface area contributed by atoms with Crippen molar-refractivity contribution in [3.8, 4) is 0 Å². The van der Waals surface area contributed by atoms with Crippen LogP contribution in [0.3, 0.4) is 0 Å². The minimum atomic E-state index is 0.751. The maximum absolute atomic E-state index is 4.23. The van der Waals surface area contributed by atoms with Gasteiger partial charge in [-0.05, 0) is 18.2 Å². The number of benzene rings is 2. The van der Waals surface area contributed by atoms with Crippen LogP contribution in [0.1, 0.15) is 0 Å². The number of hydrogen-bond donors (Lipinski definition) is 0. The zero-order valence-corrected chi connectivity index (χ0v) is 9.96. The number of anilines is 1. The fraction of sp³-hybridized carbons (Fsp3) is 0.143. The largest absolute Gasteiger partial charge is 0.376 e. The SMILES string of the molecule is CN(C)c1ccc[c]c1N=Nc1ccccc1. The topological polar surface area (TPSA) is 28.0 Å². The molecular weight excluding hydrogens is 210 g/mol. The second-order valence-corrected chi connectivity index (χ2v) is 3.83. The van der Waals surface area contributed by atoms with Gasteiger partial charge in [0.25, 0.3) is 0 Å². The van der Waals surface area contributed by atoms with Gasteiger partial charge in [-0.3, -0.25) is 0 Å². The summed E-state index contributed by atoms with van der Waals surface area (Å²) >= 11 is 0. The van der Waals surface area contributed by atoms with E-state index < -0.39 is 0 Å². The van der Waals surface area contributed by atoms with Gasteiger partial charge in [0.05, 0.1) is 11.4 Å². The highest BCUT2D eigenvalue weighted by molar-refractivity contribution is 5.65. The molecule has 17 heavy (non-hydrogen) atoms. The zero-order chi connectivity index (χ0) is 12.1. The van der Waals surface area contributed by atoms with Crippen LogP contribution in [0.2, 0.25) is 0 Å². The molecule has 1 radical (unpaired) electrons. The molecule has 2 aromatic carbocycles. The van der Waals surface area contributed by atoms with Gasteiger partial charge in [0.2, 0.25) is 0 Å². The van der Waals surface area contributed by atoms with Crippen molar-refractivity contribution >= 4 is 17.1 Å². The van der Waals surface area contributed by atoms with Gasteiger partial charge in [-0.2, -0.15) is 5.11 Å². The first kappa shape index (κ1) is 11.3. The van der Waals surface area contributed by atoms with E-state index in [9.17, 15) is 0 Å². The Balaban J connectivity index is 2.27. The molecular formula is C14H14N3. The highest BCUT2D eigenvalue weighted by Crippen LogP contribution is 2.27. The van der Waals surface area contributed by atoms with Crippen molar-refractivity contribution in [3.63, 3.8) is 0 Å². The van der Waals surface area contributed by atoms with E-state index in [-0.39, 0.29) is 0 Å². The second-order valence-electron chi connectivity index (χ2n) is 3.83. The lowest BCUT2D eigenvalue weighted by Gasteiger charge is -2.13. The van der Waals surface area contributed by atoms with Crippen LogP contribution < -0.4 is 4.90 Å². The molecule has 0 spiro atoms. The first-order valence-electron chi connectivity index (χ1n) is 5.42. The van der Waals surface area contributed by atoms with Gasteiger partial charge in [-0.1, -0.05) is 30.3 Å². The Morgan fingerprint density at radius 3 is 2.41 bits per heavy atom. The van der Waals surface area contributed by atoms with Crippen LogP contribution in [0.4, 0.5) is 17.1 Å². The Hall–Kier alpha value is -2.16. The standard InChI is InChI=1S/C14H14N3/c1-17(2)14-11-7-6-10-13(14)16-15-12-8-4-3-5-9-12/h3-9,11H,1-2H3. The summed E-state index contributed by atoms with van der Waals surface area (Å²) in [7, 11) is 3.95. The zero-order valence-electron chi connectivity index (χ0n) is 9.96. The smallest absolute Gasteiger partial charge is 0.117 e. The molecule has 0 aliphatic rings. The van der Waals surface area contributed by atoms with E-state index in [1.54, 1.807) is 0 Å². The Morgan fingerprint density at radius 1 is 0.941 bits per heavy atom. The summed E-state index contributed by atoms with van der Waals surface area (Å²) in [4.78, 5) is 2.00. The highest BCUT2D eigenvalue weighted by Gasteiger charge is 2.01. The molecule has 0 saturated heterocycles. The van der Waals surface area contributed by atoms with Crippen molar-refractivity contribution < 1.29 is 0 Å². The molecule has 0 N–H and O–H groups in total. The minimum Gasteiger partial charge on any atom is -0.376 e. The molecule has 0 fully saturated rings. The van der Waals surface area contributed by atoms with Gasteiger partial charge in [-0.25, -0.2) is 0 Å². The molecule has 2 rings (SSSR count). The van der Waals surface area contributed by atoms with Crippen LogP contribution in [0.5, 0.6) is 0 Å². The summed E-state index contributed by atoms with van der Waals surface area (Å²) in [6, 6.07) is 18.5. The van der Waals surface area contributed by atoms with Crippen molar-refractivity contribution in [2.24, 2.45) is 10.2 Å². The molecule has 0 aliphatic heterocycles. The maximum Gasteiger partial charge on any atom is 0.117 e. The minimum absolute atomic E-state index is 0.751. The molecule has 0 amide bonds. The monoisotopic (exact) mass is 224 g/mol. The van der Waals surface area contributed by atoms with E-state index >= 15 is 0 Å². The summed E-state index contributed by atoms with van der Waals surface area (Å²) in [5, 5.41) is 8.41. The molecule has 85 valence electrons. The van der Waals surface area contributed by atoms with Crippen LogP contribution >= 0.6 is 0 Å². The summed E-state index contributed by atoms with van der Waals surface area (Å²) in [5.41, 5.74) is 2.60. The molecule has 0 heterocycles. The van der Waals surface area contributed by atoms with Crippen molar-refractivity contribution in [2.75, 3.05) is 19.0 Å². The summed E-state index contributed by atoms with van der Waals surface area (Å²) in [6.45, 7) is 0. The Bertz CT molecular complexity index is 504. The van der Waals surface area contributed by atoms with E-state index in [2.05, 4.69) is 16.3 Å². The summed E-state index contributed by atoms with van der Waals surface area (Å²) in [6.07, 6.45) is 0. The van der Waals surface area contributed by atoms with Crippen molar-refractivity contribution in [1.29, 1.82) is 0 Å². The van der Waals surface area contributed by atoms with Crippen LogP contribution in [-0.4, -0.2) is 14.1 Å². The summed E-state index contributed by atoms with van der Waals surface area (Å²) < 4.78 is 0. The second kappa shape index (κ2) is 5.25. The normalized spacial score (nSPS) is 10.7. The molecule has 3 nitrogen and oxygen atoms in total. The fourth-order valence-electron chi connectivity index (χ4n) is 1.46. The molecule has 3 heteroatoms. The van der Waals surface area contributed by atoms with E-state index in [1.165, 1.54) is 0 Å². The van der Waals surface area contributed by atoms with Gasteiger partial charge < -0.3 is 4.90 Å². The van der Waals surface area contributed by atoms with E-state index in [1.807, 2.05) is 67.5 Å². The molecule has 0 aromatic heterocycles. The van der Waals surface area contributed by atoms with Crippen molar-refractivity contribution in [2.45, 2.75) is 0 Å². The van der Waals surface area contributed by atoms with Gasteiger partial charge in [0.15, 0.2) is 0 Å². The van der Waals surface area contributed by atoms with E-state index in [4.69, 9.17) is 0 Å². The molecule has 0 bridgehead atoms. The van der Waals surface area contributed by atoms with Gasteiger partial charge in [-0.15, -0.1) is 5.11 Å². The lowest BCUT2D eigenvalue weighted by molar-refractivity contribution is 1.11. The third-order valence-corrected chi connectivity index (χ3v) is 2.32. The average Bonchev–Trinajstić information content (AvgIpc) is 2.38. The quantitative estimate of drug-likeness (QED) is 0.725. The first-order chi connectivity index (χ1) is 8.27. The first-order valence-corrected chi connectivity index (χ1v) is 5.42. The van der Waals surface area contributed by atoms with Crippen LogP contribution in [0.15, 0.2) is 58.8 Å². The van der Waals surface area contributed by atoms with E-state index in [0.717, 1.165) is 17.1 Å². The van der Waals surface area contributed by atoms with Crippen molar-refractivity contribution in [3.05, 3.63) is 54.6 Å². The number of nitrogens with zero attached hydrogens (tertiary/aromatic N) is 3. The Labute approximate surface area is 101 Å². The Morgan fingerprint density at radius 2 is 1.71 bits per heavy atom. The lowest BCUT2D eigenvalue weighted by Crippen LogP contribution is -2.08. The number of rotatable bonds is 3. The molecule has 0 atom stereocenters. The van der Waals surface area contributed by atoms with Gasteiger partial charge in [0, 0.05) is 20.2 Å². The molecule has 2 aromatic rings. The van der Waals surface area contributed by atoms with Gasteiger partial charge >= 0.3 is 0 Å². The maximum atomic E-state index is 4.23. The average molecular weight is 224 g/mol. The van der Waals surface area contributed by atoms with Crippen LogP contribution in [-0.2, 0) is 0 Å². The number of hydrogen-bond acceptors (Lipinski definition) is 3. The highest BCUT2D eigenvalue weighted by atomic mass is 15.1. The Kier molecular flexibility index (Phi) is 3.50. The lowest BCUT2D eigenvalue weighted by atomic mass is 10.2. The summed E-state index contributed by atoms with van der Waals surface area (Å²) in [5.74, 6) is 0. The molecule has 0 saturated carbocycles. The predicted octanol–water partition coefficient (Wildman–Crippen LogP) is 3.97. The predicted molar refractivity (Wildman–Crippen MR) is 70.2 cm³/mol. The fourth-order valence-corrected chi connectivity index (χ4v) is 1.46. The molecule has 0 aliphatic carbocycles. The van der Waals surface area contributed by atoms with E-state index in [0.29, 0.717) is 0 Å². The number of azo groups is 1. The molecule has 0 unspecified atom stereocenters. The van der Waals surface area contributed by atoms with Crippen LogP contribution in [0, 0.1) is 6.07 Å². The van der Waals surface area contributed by atoms with Crippen molar-refractivity contribution in [1.82, 2.24) is 0 Å².